The molecule has 0 bridgehead atoms. The maximum Gasteiger partial charge on any atom is 0.300 e. The van der Waals surface area contributed by atoms with Crippen LogP contribution in [0.5, 0.6) is 0 Å². The van der Waals surface area contributed by atoms with Crippen molar-refractivity contribution in [2.24, 2.45) is 0 Å². The van der Waals surface area contributed by atoms with Crippen LogP contribution < -0.4 is 0 Å². The number of hydrogen-bond acceptors (Lipinski definition) is 1. The van der Waals surface area contributed by atoms with E-state index in [2.05, 4.69) is 0 Å². The molecule has 0 aromatic carbocycles. The smallest absolute Gasteiger partial charge is 0.300 e. The van der Waals surface area contributed by atoms with Crippen LogP contribution in [0, 0.1) is 0 Å². The Morgan fingerprint density at radius 3 is 1.80 bits per heavy atom. The summed E-state index contributed by atoms with van der Waals surface area (Å²) in [7, 11) is 0. The molecule has 2 nitrogen and oxygen atoms in total. The summed E-state index contributed by atoms with van der Waals surface area (Å²) in [5.41, 5.74) is 0. The van der Waals surface area contributed by atoms with E-state index in [-0.39, 0.29) is 25.8 Å². The van der Waals surface area contributed by atoms with Crippen LogP contribution >= 0.6 is 0 Å². The molecular formula is C2H4HfO2. The zero-order chi connectivity index (χ0) is 3.58. The summed E-state index contributed by atoms with van der Waals surface area (Å²) in [6.07, 6.45) is 0. The molecule has 28 valence electrons. The average Bonchev–Trinajstić information content (AvgIpc) is 0.811. The standard InChI is InChI=1S/C2H4O2.Hf/c1-2(3)4;/h1H3,(H,3,4);. The van der Waals surface area contributed by atoms with Gasteiger partial charge in [0.25, 0.3) is 5.97 Å². The molecule has 0 saturated heterocycles. The Kier molecular flexibility index (Phi) is 7.83. The predicted molar refractivity (Wildman–Crippen MR) is 13.3 cm³/mol. The third-order valence-electron chi connectivity index (χ3n) is 0. The van der Waals surface area contributed by atoms with Gasteiger partial charge in [0.05, 0.1) is 0 Å². The second kappa shape index (κ2) is 4.34. The minimum Gasteiger partial charge on any atom is -0.481 e. The fourth-order valence-electron chi connectivity index (χ4n) is 0. The SMILES string of the molecule is CC(=O)O.[Hf]. The average molecular weight is 239 g/mol. The summed E-state index contributed by atoms with van der Waals surface area (Å²) in [6, 6.07) is 0. The predicted octanol–water partition coefficient (Wildman–Crippen LogP) is 0.0884. The maximum absolute atomic E-state index is 9.00. The molecule has 0 unspecified atom stereocenters. The van der Waals surface area contributed by atoms with Crippen molar-refractivity contribution in [3.63, 3.8) is 0 Å². The maximum atomic E-state index is 9.00. The van der Waals surface area contributed by atoms with Gasteiger partial charge in [0.15, 0.2) is 0 Å². The molecule has 0 rings (SSSR count). The summed E-state index contributed by atoms with van der Waals surface area (Å²) >= 11 is 0. The zero-order valence-electron chi connectivity index (χ0n) is 2.86. The van der Waals surface area contributed by atoms with Crippen LogP contribution in [-0.4, -0.2) is 11.1 Å². The van der Waals surface area contributed by atoms with Gasteiger partial charge < -0.3 is 5.11 Å². The molecule has 0 aromatic heterocycles. The third-order valence-corrected chi connectivity index (χ3v) is 0. The normalized spacial score (nSPS) is 5.00. The first-order valence-electron chi connectivity index (χ1n) is 0.928. The van der Waals surface area contributed by atoms with Crippen LogP contribution in [0.1, 0.15) is 6.92 Å². The summed E-state index contributed by atoms with van der Waals surface area (Å²) in [5.74, 6) is -0.833. The molecular weight excluding hydrogens is 235 g/mol. The molecule has 0 aliphatic rings. The van der Waals surface area contributed by atoms with Gasteiger partial charge in [0, 0.05) is 32.8 Å². The van der Waals surface area contributed by atoms with Gasteiger partial charge in [-0.2, -0.15) is 0 Å². The molecule has 3 heteroatoms. The summed E-state index contributed by atoms with van der Waals surface area (Å²) < 4.78 is 0. The van der Waals surface area contributed by atoms with E-state index in [4.69, 9.17) is 9.90 Å². The van der Waals surface area contributed by atoms with E-state index >= 15 is 0 Å². The number of rotatable bonds is 0. The van der Waals surface area contributed by atoms with Crippen molar-refractivity contribution < 1.29 is 35.7 Å². The molecule has 0 aromatic rings. The van der Waals surface area contributed by atoms with Crippen LogP contribution in [0.3, 0.4) is 0 Å². The van der Waals surface area contributed by atoms with Gasteiger partial charge in [0.2, 0.25) is 0 Å². The first-order valence-corrected chi connectivity index (χ1v) is 0.928. The van der Waals surface area contributed by atoms with Gasteiger partial charge in [-0.3, -0.25) is 4.79 Å². The molecule has 0 aliphatic heterocycles. The van der Waals surface area contributed by atoms with E-state index in [0.29, 0.717) is 0 Å². The minimum absolute atomic E-state index is 0. The molecule has 5 heavy (non-hydrogen) atoms. The Bertz CT molecular complexity index is 30.6. The summed E-state index contributed by atoms with van der Waals surface area (Å²) in [6.45, 7) is 1.08. The summed E-state index contributed by atoms with van der Waals surface area (Å²) in [4.78, 5) is 9.00. The minimum atomic E-state index is -0.833. The Balaban J connectivity index is 0. The molecule has 0 atom stereocenters. The van der Waals surface area contributed by atoms with Gasteiger partial charge in [-0.05, 0) is 0 Å². The summed E-state index contributed by atoms with van der Waals surface area (Å²) in [5, 5.41) is 7.42. The quantitative estimate of drug-likeness (QED) is 0.608. The Morgan fingerprint density at radius 2 is 1.80 bits per heavy atom. The second-order valence-corrected chi connectivity index (χ2v) is 0.519. The van der Waals surface area contributed by atoms with Gasteiger partial charge in [0.1, 0.15) is 0 Å². The van der Waals surface area contributed by atoms with E-state index in [1.54, 1.807) is 0 Å². The van der Waals surface area contributed by atoms with Crippen molar-refractivity contribution in [3.8, 4) is 0 Å². The molecule has 0 saturated carbocycles. The molecule has 0 aliphatic carbocycles. The topological polar surface area (TPSA) is 37.3 Å². The molecule has 0 fully saturated rings. The van der Waals surface area contributed by atoms with E-state index in [1.165, 1.54) is 0 Å². The monoisotopic (exact) mass is 240 g/mol. The van der Waals surface area contributed by atoms with Crippen LogP contribution in [0.15, 0.2) is 0 Å². The van der Waals surface area contributed by atoms with Crippen molar-refractivity contribution >= 4 is 5.97 Å². The molecule has 0 radical (unpaired) electrons. The number of carboxylic acids is 1. The van der Waals surface area contributed by atoms with Crippen molar-refractivity contribution in [2.45, 2.75) is 6.92 Å². The Labute approximate surface area is 49.0 Å². The molecule has 0 spiro atoms. The van der Waals surface area contributed by atoms with Crippen molar-refractivity contribution in [1.29, 1.82) is 0 Å². The third kappa shape index (κ3) is 205. The fourth-order valence-corrected chi connectivity index (χ4v) is 0. The van der Waals surface area contributed by atoms with Crippen LogP contribution in [0.4, 0.5) is 0 Å². The van der Waals surface area contributed by atoms with Crippen molar-refractivity contribution in [1.82, 2.24) is 0 Å². The zero-order valence-corrected chi connectivity index (χ0v) is 6.45. The van der Waals surface area contributed by atoms with Crippen molar-refractivity contribution in [2.75, 3.05) is 0 Å². The number of carbonyl (C=O) groups is 1. The van der Waals surface area contributed by atoms with Crippen LogP contribution in [-0.2, 0) is 30.6 Å². The van der Waals surface area contributed by atoms with E-state index in [9.17, 15) is 0 Å². The number of carboxylic acid groups (broad SMARTS) is 1. The largest absolute Gasteiger partial charge is 0.481 e. The molecule has 0 heterocycles. The Hall–Kier alpha value is 0.340. The van der Waals surface area contributed by atoms with Gasteiger partial charge in [-0.1, -0.05) is 0 Å². The van der Waals surface area contributed by atoms with Gasteiger partial charge >= 0.3 is 0 Å². The van der Waals surface area contributed by atoms with Crippen LogP contribution in [0.2, 0.25) is 0 Å². The number of hydrogen-bond donors (Lipinski definition) is 1. The fraction of sp³-hybridized carbons (Fsp3) is 0.500. The van der Waals surface area contributed by atoms with Crippen LogP contribution in [0.25, 0.3) is 0 Å². The number of aliphatic carboxylic acids is 1. The van der Waals surface area contributed by atoms with E-state index in [0.717, 1.165) is 6.92 Å². The van der Waals surface area contributed by atoms with Crippen molar-refractivity contribution in [3.05, 3.63) is 0 Å². The second-order valence-electron chi connectivity index (χ2n) is 0.519. The first kappa shape index (κ1) is 9.02. The molecule has 1 N–H and O–H groups in total. The Morgan fingerprint density at radius 1 is 1.80 bits per heavy atom. The van der Waals surface area contributed by atoms with E-state index < -0.39 is 5.97 Å². The van der Waals surface area contributed by atoms with E-state index in [1.807, 2.05) is 0 Å². The van der Waals surface area contributed by atoms with Gasteiger partial charge in [-0.15, -0.1) is 0 Å². The first-order chi connectivity index (χ1) is 1.73. The van der Waals surface area contributed by atoms with Gasteiger partial charge in [-0.25, -0.2) is 0 Å². The molecule has 0 amide bonds.